The van der Waals surface area contributed by atoms with Crippen LogP contribution in [0.3, 0.4) is 0 Å². The molecule has 0 spiro atoms. The zero-order valence-electron chi connectivity index (χ0n) is 7.20. The molecule has 2 heterocycles. The lowest BCUT2D eigenvalue weighted by atomic mass is 10.2. The van der Waals surface area contributed by atoms with Crippen molar-refractivity contribution in [3.63, 3.8) is 0 Å². The van der Waals surface area contributed by atoms with Crippen LogP contribution in [-0.2, 0) is 6.42 Å². The topological polar surface area (TPSA) is 25.8 Å². The van der Waals surface area contributed by atoms with Crippen molar-refractivity contribution in [3.8, 4) is 0 Å². The van der Waals surface area contributed by atoms with E-state index in [1.807, 2.05) is 0 Å². The van der Waals surface area contributed by atoms with E-state index < -0.39 is 0 Å². The number of hydrogen-bond acceptors (Lipinski definition) is 3. The number of hydrogen-bond donors (Lipinski definition) is 0. The maximum absolute atomic E-state index is 4.28. The minimum absolute atomic E-state index is 0.463. The number of fused-ring (bicyclic) bond motifs is 1. The van der Waals surface area contributed by atoms with Crippen LogP contribution in [0.5, 0.6) is 0 Å². The van der Waals surface area contributed by atoms with Gasteiger partial charge in [0.1, 0.15) is 11.2 Å². The lowest BCUT2D eigenvalue weighted by Crippen LogP contribution is -1.99. The van der Waals surface area contributed by atoms with E-state index in [-0.39, 0.29) is 0 Å². The molecule has 2 aromatic rings. The molecule has 2 rings (SSSR count). The van der Waals surface area contributed by atoms with Gasteiger partial charge >= 0.3 is 0 Å². The number of halogens is 1. The van der Waals surface area contributed by atoms with Gasteiger partial charge < -0.3 is 0 Å². The SMILES string of the molecule is CC(Br)Cc1ncnc2sccc12. The molecule has 0 aromatic carbocycles. The summed E-state index contributed by atoms with van der Waals surface area (Å²) >= 11 is 5.19. The first-order chi connectivity index (χ1) is 6.27. The molecule has 4 heteroatoms. The fraction of sp³-hybridized carbons (Fsp3) is 0.333. The Bertz CT molecular complexity index is 411. The maximum atomic E-state index is 4.28. The van der Waals surface area contributed by atoms with E-state index in [1.165, 1.54) is 5.39 Å². The third-order valence-electron chi connectivity index (χ3n) is 1.82. The monoisotopic (exact) mass is 256 g/mol. The van der Waals surface area contributed by atoms with Crippen LogP contribution in [0.2, 0.25) is 0 Å². The van der Waals surface area contributed by atoms with Crippen LogP contribution < -0.4 is 0 Å². The molecule has 1 atom stereocenters. The summed E-state index contributed by atoms with van der Waals surface area (Å²) in [5, 5.41) is 3.25. The summed E-state index contributed by atoms with van der Waals surface area (Å²) in [6.45, 7) is 2.13. The van der Waals surface area contributed by atoms with Crippen molar-refractivity contribution < 1.29 is 0 Å². The van der Waals surface area contributed by atoms with E-state index in [2.05, 4.69) is 44.3 Å². The number of alkyl halides is 1. The summed E-state index contributed by atoms with van der Waals surface area (Å²) in [6.07, 6.45) is 2.60. The number of nitrogens with zero attached hydrogens (tertiary/aromatic N) is 2. The molecule has 0 bridgehead atoms. The van der Waals surface area contributed by atoms with Crippen molar-refractivity contribution in [2.75, 3.05) is 0 Å². The zero-order valence-corrected chi connectivity index (χ0v) is 9.60. The zero-order chi connectivity index (χ0) is 9.26. The van der Waals surface area contributed by atoms with Gasteiger partial charge in [-0.1, -0.05) is 22.9 Å². The van der Waals surface area contributed by atoms with Crippen LogP contribution in [0.1, 0.15) is 12.6 Å². The Kier molecular flexibility index (Phi) is 2.60. The Hall–Kier alpha value is -0.480. The van der Waals surface area contributed by atoms with Crippen LogP contribution in [0.15, 0.2) is 17.8 Å². The third kappa shape index (κ3) is 1.89. The van der Waals surface area contributed by atoms with Gasteiger partial charge in [0.05, 0.1) is 5.69 Å². The standard InChI is InChI=1S/C9H9BrN2S/c1-6(10)4-8-7-2-3-13-9(7)12-5-11-8/h2-3,5-6H,4H2,1H3. The summed E-state index contributed by atoms with van der Waals surface area (Å²) in [5.41, 5.74) is 1.13. The van der Waals surface area contributed by atoms with Gasteiger partial charge in [-0.05, 0) is 11.4 Å². The highest BCUT2D eigenvalue weighted by molar-refractivity contribution is 9.09. The molecular weight excluding hydrogens is 248 g/mol. The second-order valence-corrected chi connectivity index (χ2v) is 5.40. The summed E-state index contributed by atoms with van der Waals surface area (Å²) in [5.74, 6) is 0. The molecule has 0 amide bonds. The number of aromatic nitrogens is 2. The predicted molar refractivity (Wildman–Crippen MR) is 59.5 cm³/mol. The van der Waals surface area contributed by atoms with E-state index in [0.29, 0.717) is 4.83 Å². The average Bonchev–Trinajstić information content (AvgIpc) is 2.51. The van der Waals surface area contributed by atoms with Gasteiger partial charge in [0.15, 0.2) is 0 Å². The van der Waals surface area contributed by atoms with Crippen molar-refractivity contribution in [2.45, 2.75) is 18.2 Å². The van der Waals surface area contributed by atoms with Gasteiger partial charge in [-0.25, -0.2) is 9.97 Å². The minimum Gasteiger partial charge on any atom is -0.241 e. The van der Waals surface area contributed by atoms with E-state index in [9.17, 15) is 0 Å². The Morgan fingerprint density at radius 3 is 3.15 bits per heavy atom. The smallest absolute Gasteiger partial charge is 0.126 e. The van der Waals surface area contributed by atoms with Crippen molar-refractivity contribution in [3.05, 3.63) is 23.5 Å². The van der Waals surface area contributed by atoms with Gasteiger partial charge in [-0.2, -0.15) is 0 Å². The van der Waals surface area contributed by atoms with Gasteiger partial charge in [0, 0.05) is 16.6 Å². The van der Waals surface area contributed by atoms with Gasteiger partial charge in [0.2, 0.25) is 0 Å². The molecule has 0 saturated carbocycles. The van der Waals surface area contributed by atoms with E-state index in [0.717, 1.165) is 16.9 Å². The van der Waals surface area contributed by atoms with E-state index in [1.54, 1.807) is 17.7 Å². The first-order valence-electron chi connectivity index (χ1n) is 4.08. The second kappa shape index (κ2) is 3.72. The quantitative estimate of drug-likeness (QED) is 0.773. The first-order valence-corrected chi connectivity index (χ1v) is 5.88. The van der Waals surface area contributed by atoms with Crippen LogP contribution in [0.25, 0.3) is 10.2 Å². The largest absolute Gasteiger partial charge is 0.241 e. The molecule has 0 aliphatic heterocycles. The Morgan fingerprint density at radius 2 is 2.38 bits per heavy atom. The van der Waals surface area contributed by atoms with Crippen molar-refractivity contribution in [2.24, 2.45) is 0 Å². The predicted octanol–water partition coefficient (Wildman–Crippen LogP) is 3.02. The maximum Gasteiger partial charge on any atom is 0.126 e. The normalized spacial score (nSPS) is 13.4. The molecule has 2 nitrogen and oxygen atoms in total. The third-order valence-corrected chi connectivity index (χ3v) is 2.96. The highest BCUT2D eigenvalue weighted by atomic mass is 79.9. The Morgan fingerprint density at radius 1 is 1.54 bits per heavy atom. The highest BCUT2D eigenvalue weighted by Crippen LogP contribution is 2.22. The molecule has 0 saturated heterocycles. The van der Waals surface area contributed by atoms with Gasteiger partial charge in [-0.15, -0.1) is 11.3 Å². The van der Waals surface area contributed by atoms with Crippen LogP contribution in [-0.4, -0.2) is 14.8 Å². The molecule has 0 radical (unpaired) electrons. The summed E-state index contributed by atoms with van der Waals surface area (Å²) < 4.78 is 0. The lowest BCUT2D eigenvalue weighted by molar-refractivity contribution is 0.918. The van der Waals surface area contributed by atoms with E-state index in [4.69, 9.17) is 0 Å². The summed E-state index contributed by atoms with van der Waals surface area (Å²) in [7, 11) is 0. The van der Waals surface area contributed by atoms with Gasteiger partial charge in [0.25, 0.3) is 0 Å². The molecule has 2 aromatic heterocycles. The minimum atomic E-state index is 0.463. The number of rotatable bonds is 2. The van der Waals surface area contributed by atoms with E-state index >= 15 is 0 Å². The van der Waals surface area contributed by atoms with Crippen LogP contribution in [0.4, 0.5) is 0 Å². The summed E-state index contributed by atoms with van der Waals surface area (Å²) in [6, 6.07) is 2.09. The van der Waals surface area contributed by atoms with Crippen LogP contribution >= 0.6 is 27.3 Å². The van der Waals surface area contributed by atoms with Crippen molar-refractivity contribution in [1.29, 1.82) is 0 Å². The summed E-state index contributed by atoms with van der Waals surface area (Å²) in [4.78, 5) is 10.0. The number of thiophene rings is 1. The molecular formula is C9H9BrN2S. The fourth-order valence-electron chi connectivity index (χ4n) is 1.27. The highest BCUT2D eigenvalue weighted by Gasteiger charge is 2.06. The molecule has 68 valence electrons. The molecule has 0 aliphatic rings. The van der Waals surface area contributed by atoms with Gasteiger partial charge in [-0.3, -0.25) is 0 Å². The molecule has 0 N–H and O–H groups in total. The fourth-order valence-corrected chi connectivity index (χ4v) is 2.33. The lowest BCUT2D eigenvalue weighted by Gasteiger charge is -2.02. The van der Waals surface area contributed by atoms with Crippen LogP contribution in [0, 0.1) is 0 Å². The van der Waals surface area contributed by atoms with Crippen molar-refractivity contribution in [1.82, 2.24) is 9.97 Å². The molecule has 0 aliphatic carbocycles. The first kappa shape index (κ1) is 9.09. The molecule has 1 unspecified atom stereocenters. The molecule has 0 fully saturated rings. The Balaban J connectivity index is 2.48. The van der Waals surface area contributed by atoms with Crippen molar-refractivity contribution >= 4 is 37.5 Å². The molecule has 13 heavy (non-hydrogen) atoms. The second-order valence-electron chi connectivity index (χ2n) is 2.94. The Labute approximate surface area is 89.2 Å². The average molecular weight is 257 g/mol.